The molecule has 2 atom stereocenters. The van der Waals surface area contributed by atoms with Crippen molar-refractivity contribution in [3.63, 3.8) is 0 Å². The van der Waals surface area contributed by atoms with Crippen LogP contribution in [-0.2, 0) is 11.2 Å². The van der Waals surface area contributed by atoms with E-state index in [-0.39, 0.29) is 24.9 Å². The van der Waals surface area contributed by atoms with Crippen molar-refractivity contribution in [2.24, 2.45) is 11.8 Å². The molecular weight excluding hydrogens is 481 g/mol. The van der Waals surface area contributed by atoms with Gasteiger partial charge >= 0.3 is 12.1 Å². The molecule has 37 heavy (non-hydrogen) atoms. The summed E-state index contributed by atoms with van der Waals surface area (Å²) in [7, 11) is 0. The second-order valence-electron chi connectivity index (χ2n) is 11.0. The van der Waals surface area contributed by atoms with Crippen LogP contribution in [0.15, 0.2) is 30.3 Å². The SMILES string of the molecule is N#Cc1c(OC2CCC(C(F)(F)F)CC2)ccc2ccc(CCN3C4CCCC3CC(C(=O)O)C4)cc12. The van der Waals surface area contributed by atoms with Crippen molar-refractivity contribution in [2.45, 2.75) is 88.6 Å². The predicted molar refractivity (Wildman–Crippen MR) is 133 cm³/mol. The van der Waals surface area contributed by atoms with Crippen molar-refractivity contribution in [3.05, 3.63) is 41.5 Å². The van der Waals surface area contributed by atoms with E-state index in [4.69, 9.17) is 4.74 Å². The minimum atomic E-state index is -4.16. The monoisotopic (exact) mass is 514 g/mol. The first-order valence-electron chi connectivity index (χ1n) is 13.4. The topological polar surface area (TPSA) is 73.6 Å². The van der Waals surface area contributed by atoms with Crippen molar-refractivity contribution in [3.8, 4) is 11.8 Å². The average Bonchev–Trinajstić information content (AvgIpc) is 2.86. The molecule has 2 saturated heterocycles. The predicted octanol–water partition coefficient (Wildman–Crippen LogP) is 6.47. The number of piperidine rings is 2. The maximum Gasteiger partial charge on any atom is 0.391 e. The van der Waals surface area contributed by atoms with Gasteiger partial charge in [-0.1, -0.05) is 24.6 Å². The number of fused-ring (bicyclic) bond motifs is 3. The Labute approximate surface area is 215 Å². The fourth-order valence-corrected chi connectivity index (χ4v) is 6.71. The maximum atomic E-state index is 13.0. The number of hydrogen-bond donors (Lipinski definition) is 1. The van der Waals surface area contributed by atoms with Crippen molar-refractivity contribution in [1.82, 2.24) is 4.90 Å². The van der Waals surface area contributed by atoms with Crippen molar-refractivity contribution in [2.75, 3.05) is 6.54 Å². The van der Waals surface area contributed by atoms with Crippen LogP contribution in [0.2, 0.25) is 0 Å². The van der Waals surface area contributed by atoms with Gasteiger partial charge in [-0.2, -0.15) is 18.4 Å². The lowest BCUT2D eigenvalue weighted by molar-refractivity contribution is -0.185. The second-order valence-corrected chi connectivity index (χ2v) is 11.0. The number of halogens is 3. The van der Waals surface area contributed by atoms with Gasteiger partial charge in [-0.25, -0.2) is 0 Å². The van der Waals surface area contributed by atoms with Crippen molar-refractivity contribution >= 4 is 16.7 Å². The number of carbonyl (C=O) groups is 1. The van der Waals surface area contributed by atoms with Gasteiger partial charge in [0, 0.05) is 24.0 Å². The molecule has 5 rings (SSSR count). The lowest BCUT2D eigenvalue weighted by atomic mass is 9.78. The molecule has 198 valence electrons. The minimum Gasteiger partial charge on any atom is -0.489 e. The smallest absolute Gasteiger partial charge is 0.391 e. The Hall–Kier alpha value is -2.79. The van der Waals surface area contributed by atoms with Crippen LogP contribution < -0.4 is 4.74 Å². The van der Waals surface area contributed by atoms with E-state index in [0.717, 1.165) is 48.6 Å². The summed E-state index contributed by atoms with van der Waals surface area (Å²) in [4.78, 5) is 14.1. The van der Waals surface area contributed by atoms with Gasteiger partial charge in [0.05, 0.1) is 17.9 Å². The van der Waals surface area contributed by atoms with E-state index in [1.54, 1.807) is 6.07 Å². The molecule has 5 nitrogen and oxygen atoms in total. The molecule has 3 fully saturated rings. The lowest BCUT2D eigenvalue weighted by Gasteiger charge is -2.48. The summed E-state index contributed by atoms with van der Waals surface area (Å²) in [5.41, 5.74) is 1.53. The van der Waals surface area contributed by atoms with Gasteiger partial charge in [-0.15, -0.1) is 0 Å². The highest BCUT2D eigenvalue weighted by Crippen LogP contribution is 2.40. The molecule has 2 heterocycles. The number of ether oxygens (including phenoxy) is 1. The third-order valence-electron chi connectivity index (χ3n) is 8.72. The van der Waals surface area contributed by atoms with Crippen LogP contribution in [0.4, 0.5) is 13.2 Å². The van der Waals surface area contributed by atoms with E-state index < -0.39 is 18.1 Å². The van der Waals surface area contributed by atoms with Crippen molar-refractivity contribution in [1.29, 1.82) is 5.26 Å². The van der Waals surface area contributed by atoms with E-state index in [2.05, 4.69) is 17.0 Å². The zero-order valence-corrected chi connectivity index (χ0v) is 20.8. The lowest BCUT2D eigenvalue weighted by Crippen LogP contribution is -2.53. The molecular formula is C29H33F3N2O3. The standard InChI is InChI=1S/C29H33F3N2O3/c30-29(31,32)21-7-9-24(10-8-21)37-27-11-6-19-5-4-18(14-25(19)26(27)17-33)12-13-34-22-2-1-3-23(34)16-20(15-22)28(35)36/h4-6,11,14,20-24H,1-3,7-10,12-13,15-16H2,(H,35,36). The number of rotatable bonds is 6. The molecule has 1 N–H and O–H groups in total. The molecule has 2 aromatic rings. The van der Waals surface area contributed by atoms with Crippen LogP contribution in [0.1, 0.15) is 68.9 Å². The van der Waals surface area contributed by atoms with Gasteiger partial charge in [-0.3, -0.25) is 9.69 Å². The number of aliphatic carboxylic acids is 1. The zero-order chi connectivity index (χ0) is 26.2. The first-order valence-corrected chi connectivity index (χ1v) is 13.4. The summed E-state index contributed by atoms with van der Waals surface area (Å²) >= 11 is 0. The molecule has 3 aliphatic rings. The highest BCUT2D eigenvalue weighted by molar-refractivity contribution is 5.90. The van der Waals surface area contributed by atoms with E-state index in [0.29, 0.717) is 49.1 Å². The van der Waals surface area contributed by atoms with Gasteiger partial charge in [0.25, 0.3) is 0 Å². The van der Waals surface area contributed by atoms with Crippen LogP contribution in [0.3, 0.4) is 0 Å². The molecule has 8 heteroatoms. The quantitative estimate of drug-likeness (QED) is 0.478. The third kappa shape index (κ3) is 5.57. The Bertz CT molecular complexity index is 1170. The van der Waals surface area contributed by atoms with Crippen LogP contribution >= 0.6 is 0 Å². The van der Waals surface area contributed by atoms with Crippen LogP contribution in [0.25, 0.3) is 10.8 Å². The largest absolute Gasteiger partial charge is 0.489 e. The van der Waals surface area contributed by atoms with Gasteiger partial charge < -0.3 is 9.84 Å². The van der Waals surface area contributed by atoms with Gasteiger partial charge in [-0.05, 0) is 80.9 Å². The fraction of sp³-hybridized carbons (Fsp3) is 0.586. The van der Waals surface area contributed by atoms with E-state index in [1.807, 2.05) is 18.2 Å². The highest BCUT2D eigenvalue weighted by atomic mass is 19.4. The molecule has 2 aromatic carbocycles. The Kier molecular flexibility index (Phi) is 7.35. The Morgan fingerprint density at radius 1 is 1.05 bits per heavy atom. The number of benzene rings is 2. The summed E-state index contributed by atoms with van der Waals surface area (Å²) < 4.78 is 45.1. The molecule has 2 aliphatic heterocycles. The molecule has 2 unspecified atom stereocenters. The van der Waals surface area contributed by atoms with Crippen LogP contribution in [-0.4, -0.2) is 46.9 Å². The molecule has 2 bridgehead atoms. The highest BCUT2D eigenvalue weighted by Gasteiger charge is 2.42. The van der Waals surface area contributed by atoms with Crippen LogP contribution in [0.5, 0.6) is 5.75 Å². The summed E-state index contributed by atoms with van der Waals surface area (Å²) in [6.07, 6.45) is 1.76. The summed E-state index contributed by atoms with van der Waals surface area (Å²) in [5.74, 6) is -1.75. The Morgan fingerprint density at radius 2 is 1.73 bits per heavy atom. The average molecular weight is 515 g/mol. The summed E-state index contributed by atoms with van der Waals surface area (Å²) in [6.45, 7) is 0.855. The van der Waals surface area contributed by atoms with E-state index in [1.165, 1.54) is 0 Å². The first kappa shape index (κ1) is 25.8. The molecule has 0 aromatic heterocycles. The normalized spacial score (nSPS) is 28.5. The summed E-state index contributed by atoms with van der Waals surface area (Å²) in [6, 6.07) is 12.7. The maximum absolute atomic E-state index is 13.0. The number of hydrogen-bond acceptors (Lipinski definition) is 4. The number of nitrogens with zero attached hydrogens (tertiary/aromatic N) is 2. The molecule has 0 radical (unpaired) electrons. The first-order chi connectivity index (χ1) is 17.7. The number of carboxylic acid groups (broad SMARTS) is 1. The number of nitriles is 1. The molecule has 1 aliphatic carbocycles. The van der Waals surface area contributed by atoms with Crippen LogP contribution in [0, 0.1) is 23.2 Å². The minimum absolute atomic E-state index is 0.0550. The second kappa shape index (κ2) is 10.5. The molecule has 0 amide bonds. The third-order valence-corrected chi connectivity index (χ3v) is 8.72. The van der Waals surface area contributed by atoms with Gasteiger partial charge in [0.2, 0.25) is 0 Å². The number of alkyl halides is 3. The van der Waals surface area contributed by atoms with E-state index in [9.17, 15) is 28.3 Å². The molecule has 0 spiro atoms. The molecule has 1 saturated carbocycles. The van der Waals surface area contributed by atoms with E-state index >= 15 is 0 Å². The zero-order valence-electron chi connectivity index (χ0n) is 20.8. The van der Waals surface area contributed by atoms with Crippen molar-refractivity contribution < 1.29 is 27.8 Å². The Balaban J connectivity index is 1.28. The number of carboxylic acids is 1. The fourth-order valence-electron chi connectivity index (χ4n) is 6.71. The Morgan fingerprint density at radius 3 is 2.35 bits per heavy atom. The van der Waals surface area contributed by atoms with Gasteiger partial charge in [0.1, 0.15) is 17.4 Å². The summed E-state index contributed by atoms with van der Waals surface area (Å²) in [5, 5.41) is 21.2. The van der Waals surface area contributed by atoms with Gasteiger partial charge in [0.15, 0.2) is 0 Å².